The van der Waals surface area contributed by atoms with Crippen molar-refractivity contribution >= 4 is 11.7 Å². The van der Waals surface area contributed by atoms with Gasteiger partial charge in [-0.3, -0.25) is 14.5 Å². The zero-order valence-corrected chi connectivity index (χ0v) is 20.2. The van der Waals surface area contributed by atoms with E-state index in [-0.39, 0.29) is 29.9 Å². The number of carbonyl (C=O) groups is 2. The molecule has 1 aliphatic heterocycles. The van der Waals surface area contributed by atoms with E-state index in [0.29, 0.717) is 23.5 Å². The molecule has 2 atom stereocenters. The molecule has 1 amide bonds. The van der Waals surface area contributed by atoms with E-state index in [4.69, 9.17) is 9.47 Å². The highest BCUT2D eigenvalue weighted by Gasteiger charge is 2.38. The molecule has 0 bridgehead atoms. The second kappa shape index (κ2) is 11.8. The first-order chi connectivity index (χ1) is 15.9. The van der Waals surface area contributed by atoms with Crippen LogP contribution in [0, 0.1) is 0 Å². The van der Waals surface area contributed by atoms with Crippen LogP contribution in [0.5, 0.6) is 11.5 Å². The van der Waals surface area contributed by atoms with Crippen LogP contribution in [0.4, 0.5) is 0 Å². The Balaban J connectivity index is 1.74. The van der Waals surface area contributed by atoms with E-state index in [0.717, 1.165) is 32.2 Å². The van der Waals surface area contributed by atoms with Crippen LogP contribution < -0.4 is 14.8 Å². The highest BCUT2D eigenvalue weighted by atomic mass is 16.5. The van der Waals surface area contributed by atoms with E-state index >= 15 is 0 Å². The van der Waals surface area contributed by atoms with Crippen molar-refractivity contribution in [1.82, 2.24) is 10.2 Å². The number of carbonyl (C=O) groups excluding carboxylic acids is 2. The van der Waals surface area contributed by atoms with Crippen LogP contribution in [0.25, 0.3) is 0 Å². The summed E-state index contributed by atoms with van der Waals surface area (Å²) in [5, 5.41) is 2.81. The van der Waals surface area contributed by atoms with Gasteiger partial charge in [0, 0.05) is 12.6 Å². The Kier molecular flexibility index (Phi) is 8.89. The van der Waals surface area contributed by atoms with E-state index < -0.39 is 0 Å². The lowest BCUT2D eigenvalue weighted by atomic mass is 9.98. The van der Waals surface area contributed by atoms with Crippen LogP contribution >= 0.6 is 0 Å². The molecule has 0 radical (unpaired) electrons. The molecule has 1 unspecified atom stereocenters. The number of likely N-dealkylation sites (N-methyl/N-ethyl adjacent to an activating group) is 1. The molecular weight excluding hydrogens is 416 g/mol. The number of nitrogens with one attached hydrogen (secondary N) is 1. The number of Topliss-reactive ketones (excluding diaryl/α,β-unsaturated/α-hetero) is 1. The Bertz CT molecular complexity index is 929. The monoisotopic (exact) mass is 452 g/mol. The summed E-state index contributed by atoms with van der Waals surface area (Å²) in [5.74, 6) is 1.17. The van der Waals surface area contributed by atoms with Gasteiger partial charge in [0.2, 0.25) is 5.91 Å². The minimum Gasteiger partial charge on any atom is -0.493 e. The maximum Gasteiger partial charge on any atom is 0.237 e. The van der Waals surface area contributed by atoms with Gasteiger partial charge >= 0.3 is 0 Å². The van der Waals surface area contributed by atoms with Gasteiger partial charge in [-0.25, -0.2) is 0 Å². The standard InChI is InChI=1S/C27H36N2O4/c1-19(2)33-24-16-15-21(18-25(24)32-4)26(30)22-14-9-17-29(22)23(27(31)28-3)13-8-12-20-10-6-5-7-11-20/h5-7,10-11,15-16,18-19,22-23H,8-9,12-14,17H2,1-4H3,(H,28,31)/t22?,23-/m0/s1. The maximum absolute atomic E-state index is 13.5. The molecule has 1 heterocycles. The molecule has 6 heteroatoms. The Morgan fingerprint density at radius 1 is 1.12 bits per heavy atom. The van der Waals surface area contributed by atoms with Crippen molar-refractivity contribution < 1.29 is 19.1 Å². The lowest BCUT2D eigenvalue weighted by molar-refractivity contribution is -0.126. The summed E-state index contributed by atoms with van der Waals surface area (Å²) in [6, 6.07) is 15.0. The average molecular weight is 453 g/mol. The van der Waals surface area contributed by atoms with Gasteiger partial charge < -0.3 is 14.8 Å². The molecule has 0 saturated carbocycles. The third-order valence-corrected chi connectivity index (χ3v) is 6.14. The Morgan fingerprint density at radius 3 is 2.55 bits per heavy atom. The lowest BCUT2D eigenvalue weighted by Crippen LogP contribution is -2.50. The molecule has 1 N–H and O–H groups in total. The molecule has 1 aliphatic rings. The van der Waals surface area contributed by atoms with Gasteiger partial charge in [0.05, 0.1) is 25.3 Å². The van der Waals surface area contributed by atoms with Gasteiger partial charge in [0.15, 0.2) is 17.3 Å². The van der Waals surface area contributed by atoms with E-state index in [1.54, 1.807) is 32.4 Å². The number of ketones is 1. The molecule has 1 fully saturated rings. The van der Waals surface area contributed by atoms with Crippen molar-refractivity contribution in [2.24, 2.45) is 0 Å². The molecule has 3 rings (SSSR count). The quantitative estimate of drug-likeness (QED) is 0.516. The number of benzene rings is 2. The summed E-state index contributed by atoms with van der Waals surface area (Å²) in [5.41, 5.74) is 1.85. The highest BCUT2D eigenvalue weighted by molar-refractivity contribution is 6.01. The molecule has 2 aromatic rings. The molecule has 0 aromatic heterocycles. The van der Waals surface area contributed by atoms with Crippen LogP contribution in [0.1, 0.15) is 55.5 Å². The highest BCUT2D eigenvalue weighted by Crippen LogP contribution is 2.32. The number of rotatable bonds is 11. The minimum absolute atomic E-state index is 0.00924. The lowest BCUT2D eigenvalue weighted by Gasteiger charge is -2.31. The molecule has 0 spiro atoms. The third kappa shape index (κ3) is 6.35. The van der Waals surface area contributed by atoms with Crippen molar-refractivity contribution in [1.29, 1.82) is 0 Å². The first kappa shape index (κ1) is 24.8. The normalized spacial score (nSPS) is 17.1. The fourth-order valence-corrected chi connectivity index (χ4v) is 4.57. The fraction of sp³-hybridized carbons (Fsp3) is 0.481. The average Bonchev–Trinajstić information content (AvgIpc) is 3.31. The van der Waals surface area contributed by atoms with Gasteiger partial charge in [-0.2, -0.15) is 0 Å². The number of nitrogens with zero attached hydrogens (tertiary/aromatic N) is 1. The van der Waals surface area contributed by atoms with Crippen LogP contribution in [0.3, 0.4) is 0 Å². The molecule has 33 heavy (non-hydrogen) atoms. The zero-order valence-electron chi connectivity index (χ0n) is 20.2. The van der Waals surface area contributed by atoms with Crippen LogP contribution in [-0.4, -0.2) is 55.5 Å². The number of hydrogen-bond donors (Lipinski definition) is 1. The number of hydrogen-bond acceptors (Lipinski definition) is 5. The molecule has 2 aromatic carbocycles. The summed E-state index contributed by atoms with van der Waals surface area (Å²) in [6.07, 6.45) is 4.16. The summed E-state index contributed by atoms with van der Waals surface area (Å²) in [4.78, 5) is 28.4. The number of amides is 1. The fourth-order valence-electron chi connectivity index (χ4n) is 4.57. The molecule has 178 valence electrons. The second-order valence-electron chi connectivity index (χ2n) is 8.80. The predicted molar refractivity (Wildman–Crippen MR) is 130 cm³/mol. The van der Waals surface area contributed by atoms with Crippen molar-refractivity contribution in [3.8, 4) is 11.5 Å². The summed E-state index contributed by atoms with van der Waals surface area (Å²) < 4.78 is 11.3. The molecule has 0 aliphatic carbocycles. The van der Waals surface area contributed by atoms with Crippen LogP contribution in [-0.2, 0) is 11.2 Å². The SMILES string of the molecule is CNC(=O)[C@H](CCCc1ccccc1)N1CCCC1C(=O)c1ccc(OC(C)C)c(OC)c1. The predicted octanol–water partition coefficient (Wildman–Crippen LogP) is 4.27. The Morgan fingerprint density at radius 2 is 1.88 bits per heavy atom. The Labute approximate surface area is 197 Å². The number of aryl methyl sites for hydroxylation is 1. The van der Waals surface area contributed by atoms with E-state index in [1.165, 1.54) is 5.56 Å². The molecule has 6 nitrogen and oxygen atoms in total. The second-order valence-corrected chi connectivity index (χ2v) is 8.80. The topological polar surface area (TPSA) is 67.9 Å². The van der Waals surface area contributed by atoms with Crippen molar-refractivity contribution in [2.45, 2.75) is 64.1 Å². The summed E-state index contributed by atoms with van der Waals surface area (Å²) in [7, 11) is 3.24. The van der Waals surface area contributed by atoms with Crippen LogP contribution in [0.15, 0.2) is 48.5 Å². The first-order valence-corrected chi connectivity index (χ1v) is 11.8. The summed E-state index contributed by atoms with van der Waals surface area (Å²) >= 11 is 0. The molecular formula is C27H36N2O4. The minimum atomic E-state index is -0.319. The number of methoxy groups -OCH3 is 1. The zero-order chi connectivity index (χ0) is 23.8. The van der Waals surface area contributed by atoms with Crippen molar-refractivity contribution in [3.63, 3.8) is 0 Å². The maximum atomic E-state index is 13.5. The van der Waals surface area contributed by atoms with Crippen molar-refractivity contribution in [3.05, 3.63) is 59.7 Å². The number of ether oxygens (including phenoxy) is 2. The first-order valence-electron chi connectivity index (χ1n) is 11.8. The van der Waals surface area contributed by atoms with Gasteiger partial charge in [-0.1, -0.05) is 30.3 Å². The largest absolute Gasteiger partial charge is 0.493 e. The van der Waals surface area contributed by atoms with E-state index in [1.807, 2.05) is 32.0 Å². The van der Waals surface area contributed by atoms with E-state index in [2.05, 4.69) is 22.3 Å². The summed E-state index contributed by atoms with van der Waals surface area (Å²) in [6.45, 7) is 4.64. The van der Waals surface area contributed by atoms with Gasteiger partial charge in [-0.15, -0.1) is 0 Å². The van der Waals surface area contributed by atoms with Crippen molar-refractivity contribution in [2.75, 3.05) is 20.7 Å². The van der Waals surface area contributed by atoms with Crippen LogP contribution in [0.2, 0.25) is 0 Å². The molecule has 1 saturated heterocycles. The third-order valence-electron chi connectivity index (χ3n) is 6.14. The number of likely N-dealkylation sites (tertiary alicyclic amines) is 1. The van der Waals surface area contributed by atoms with E-state index in [9.17, 15) is 9.59 Å². The van der Waals surface area contributed by atoms with Gasteiger partial charge in [0.1, 0.15) is 0 Å². The smallest absolute Gasteiger partial charge is 0.237 e. The van der Waals surface area contributed by atoms with Gasteiger partial charge in [-0.05, 0) is 76.3 Å². The Hall–Kier alpha value is -2.86. The van der Waals surface area contributed by atoms with Gasteiger partial charge in [0.25, 0.3) is 0 Å².